The van der Waals surface area contributed by atoms with Crippen LogP contribution in [-0.4, -0.2) is 59.8 Å². The highest BCUT2D eigenvalue weighted by Crippen LogP contribution is 2.22. The van der Waals surface area contributed by atoms with Gasteiger partial charge in [-0.05, 0) is 30.2 Å². The maximum absolute atomic E-state index is 13.4. The lowest BCUT2D eigenvalue weighted by Crippen LogP contribution is -2.61. The molecular weight excluding hydrogens is 502 g/mol. The maximum atomic E-state index is 13.4. The van der Waals surface area contributed by atoms with Gasteiger partial charge in [-0.25, -0.2) is 4.79 Å². The van der Waals surface area contributed by atoms with Gasteiger partial charge in [0.2, 0.25) is 11.8 Å². The number of hydrogen-bond acceptors (Lipinski definition) is 8. The topological polar surface area (TPSA) is 234 Å². The quantitative estimate of drug-likeness (QED) is 0.131. The van der Waals surface area contributed by atoms with E-state index >= 15 is 0 Å². The van der Waals surface area contributed by atoms with Crippen LogP contribution in [-0.2, 0) is 32.1 Å². The van der Waals surface area contributed by atoms with Crippen LogP contribution in [0.3, 0.4) is 0 Å². The Bertz CT molecular complexity index is 1200. The average molecular weight is 532 g/mol. The minimum atomic E-state index is -1.79. The Morgan fingerprint density at radius 1 is 1.08 bits per heavy atom. The summed E-state index contributed by atoms with van der Waals surface area (Å²) in [5.74, 6) is -2.81. The summed E-state index contributed by atoms with van der Waals surface area (Å²) in [7, 11) is 1.10. The summed E-state index contributed by atoms with van der Waals surface area (Å²) in [6.07, 6.45) is -1.90. The summed E-state index contributed by atoms with van der Waals surface area (Å²) in [6.45, 7) is -0.302. The number of amides is 3. The number of carboxylic acid groups (broad SMARTS) is 1. The van der Waals surface area contributed by atoms with Gasteiger partial charge in [0.25, 0.3) is 0 Å². The highest BCUT2D eigenvalue weighted by Gasteiger charge is 2.41. The normalized spacial score (nSPS) is 12.0. The Kier molecular flexibility index (Phi) is 10.1. The van der Waals surface area contributed by atoms with Crippen molar-refractivity contribution < 1.29 is 29.0 Å². The van der Waals surface area contributed by atoms with E-state index in [0.717, 1.165) is 12.0 Å². The third-order valence-electron chi connectivity index (χ3n) is 5.27. The Labute approximate surface area is 216 Å². The fraction of sp³-hybridized carbons (Fsp3) is 0.304. The van der Waals surface area contributed by atoms with Crippen LogP contribution in [0.4, 0.5) is 4.79 Å². The molecule has 0 fully saturated rings. The van der Waals surface area contributed by atoms with Gasteiger partial charge in [0.05, 0.1) is 25.1 Å². The molecule has 0 unspecified atom stereocenters. The van der Waals surface area contributed by atoms with Crippen molar-refractivity contribution in [2.75, 3.05) is 13.7 Å². The zero-order valence-corrected chi connectivity index (χ0v) is 20.9. The second kappa shape index (κ2) is 13.0. The largest absolute Gasteiger partial charge is 0.481 e. The molecule has 14 heteroatoms. The number of alkyl carbamates (subject to hydrolysis) is 1. The first-order valence-electron chi connectivity index (χ1n) is 10.9. The van der Waals surface area contributed by atoms with E-state index in [1.807, 2.05) is 0 Å². The molecular formula is C23H29N7O6S. The third kappa shape index (κ3) is 8.61. The smallest absolute Gasteiger partial charge is 0.407 e. The highest BCUT2D eigenvalue weighted by atomic mass is 32.1. The monoisotopic (exact) mass is 531 g/mol. The first-order chi connectivity index (χ1) is 17.5. The van der Waals surface area contributed by atoms with Crippen LogP contribution < -0.4 is 27.4 Å². The molecule has 10 N–H and O–H groups in total. The van der Waals surface area contributed by atoms with Gasteiger partial charge in [0, 0.05) is 23.3 Å². The Balaban J connectivity index is 2.21. The molecule has 3 amide bonds. The summed E-state index contributed by atoms with van der Waals surface area (Å²) in [5.41, 5.74) is 10.1. The lowest BCUT2D eigenvalue weighted by molar-refractivity contribution is -0.138. The van der Waals surface area contributed by atoms with Crippen molar-refractivity contribution >= 4 is 46.9 Å². The summed E-state index contributed by atoms with van der Waals surface area (Å²) >= 11 is 1.24. The molecule has 0 saturated heterocycles. The Morgan fingerprint density at radius 3 is 2.41 bits per heavy atom. The number of carboxylic acids is 1. The number of carbonyl (C=O) groups excluding carboxylic acids is 3. The number of hydrogen-bond donors (Lipinski definition) is 8. The van der Waals surface area contributed by atoms with Gasteiger partial charge >= 0.3 is 12.1 Å². The zero-order chi connectivity index (χ0) is 27.6. The van der Waals surface area contributed by atoms with E-state index in [0.29, 0.717) is 16.0 Å². The molecule has 0 aliphatic carbocycles. The van der Waals surface area contributed by atoms with Crippen LogP contribution in [0.1, 0.15) is 33.7 Å². The van der Waals surface area contributed by atoms with Crippen LogP contribution in [0.15, 0.2) is 36.4 Å². The number of benzene rings is 1. The van der Waals surface area contributed by atoms with E-state index < -0.39 is 42.4 Å². The summed E-state index contributed by atoms with van der Waals surface area (Å²) in [4.78, 5) is 50.6. The van der Waals surface area contributed by atoms with Gasteiger partial charge in [-0.3, -0.25) is 25.2 Å². The molecule has 1 atom stereocenters. The Morgan fingerprint density at radius 2 is 1.81 bits per heavy atom. The minimum Gasteiger partial charge on any atom is -0.481 e. The molecule has 198 valence electrons. The zero-order valence-electron chi connectivity index (χ0n) is 20.1. The molecule has 1 aromatic carbocycles. The van der Waals surface area contributed by atoms with E-state index in [-0.39, 0.29) is 31.1 Å². The van der Waals surface area contributed by atoms with Crippen molar-refractivity contribution in [1.29, 1.82) is 10.8 Å². The van der Waals surface area contributed by atoms with Gasteiger partial charge < -0.3 is 37.3 Å². The molecule has 2 rings (SSSR count). The van der Waals surface area contributed by atoms with Gasteiger partial charge in [-0.1, -0.05) is 18.2 Å². The summed E-state index contributed by atoms with van der Waals surface area (Å²) in [6, 6.07) is 9.76. The number of carbonyl (C=O) groups is 4. The number of nitrogens with two attached hydrogens (primary N) is 2. The lowest BCUT2D eigenvalue weighted by Gasteiger charge is -2.33. The molecule has 0 bridgehead atoms. The summed E-state index contributed by atoms with van der Waals surface area (Å²) < 4.78 is 4.66. The molecule has 0 saturated carbocycles. The average Bonchev–Trinajstić information content (AvgIpc) is 3.34. The second-order valence-electron chi connectivity index (χ2n) is 8.02. The first kappa shape index (κ1) is 28.8. The molecule has 1 heterocycles. The van der Waals surface area contributed by atoms with Crippen LogP contribution in [0.5, 0.6) is 0 Å². The standard InChI is InChI=1S/C23H29N7O6S/c1-36-22(35)30-23(8-7-18(32)33,10-13-3-2-4-14(9-13)19(24)25)21(34)29-12-17(31)28-11-15-5-6-16(37-15)20(26)27/h2-6,9H,7-8,10-12H2,1H3,(H3,24,25)(H3,26,27)(H,28,31)(H,29,34)(H,30,35)(H,32,33)/t23-/m1/s1. The fourth-order valence-corrected chi connectivity index (χ4v) is 4.21. The lowest BCUT2D eigenvalue weighted by atomic mass is 9.84. The van der Waals surface area contributed by atoms with E-state index in [1.54, 1.807) is 36.4 Å². The number of rotatable bonds is 13. The van der Waals surface area contributed by atoms with Crippen molar-refractivity contribution in [3.63, 3.8) is 0 Å². The van der Waals surface area contributed by atoms with Crippen molar-refractivity contribution in [3.8, 4) is 0 Å². The molecule has 2 aromatic rings. The van der Waals surface area contributed by atoms with Gasteiger partial charge in [0.1, 0.15) is 17.2 Å². The molecule has 1 aromatic heterocycles. The predicted octanol–water partition coefficient (Wildman–Crippen LogP) is 0.251. The predicted molar refractivity (Wildman–Crippen MR) is 136 cm³/mol. The third-order valence-corrected chi connectivity index (χ3v) is 6.39. The van der Waals surface area contributed by atoms with Gasteiger partial charge in [-0.15, -0.1) is 11.3 Å². The number of nitrogens with one attached hydrogen (secondary N) is 5. The van der Waals surface area contributed by atoms with Crippen LogP contribution in [0, 0.1) is 10.8 Å². The number of methoxy groups -OCH3 is 1. The molecule has 37 heavy (non-hydrogen) atoms. The SMILES string of the molecule is COC(=O)N[C@](CCC(=O)O)(Cc1cccc(C(=N)N)c1)C(=O)NCC(=O)NCc1ccc(C(=N)N)s1. The van der Waals surface area contributed by atoms with Crippen LogP contribution in [0.2, 0.25) is 0 Å². The summed E-state index contributed by atoms with van der Waals surface area (Å²) in [5, 5.41) is 31.9. The number of amidine groups is 2. The van der Waals surface area contributed by atoms with E-state index in [9.17, 15) is 24.3 Å². The van der Waals surface area contributed by atoms with Gasteiger partial charge in [-0.2, -0.15) is 0 Å². The number of ether oxygens (including phenoxy) is 1. The van der Waals surface area contributed by atoms with Gasteiger partial charge in [0.15, 0.2) is 0 Å². The Hall–Kier alpha value is -4.46. The van der Waals surface area contributed by atoms with Crippen LogP contribution >= 0.6 is 11.3 Å². The van der Waals surface area contributed by atoms with E-state index in [2.05, 4.69) is 20.7 Å². The first-order valence-corrected chi connectivity index (χ1v) is 11.8. The fourth-order valence-electron chi connectivity index (χ4n) is 3.41. The van der Waals surface area contributed by atoms with Crippen molar-refractivity contribution in [2.45, 2.75) is 31.3 Å². The highest BCUT2D eigenvalue weighted by molar-refractivity contribution is 7.14. The number of nitrogen functional groups attached to an aromatic ring is 2. The maximum Gasteiger partial charge on any atom is 0.407 e. The van der Waals surface area contributed by atoms with Crippen molar-refractivity contribution in [3.05, 3.63) is 57.3 Å². The second-order valence-corrected chi connectivity index (χ2v) is 9.19. The molecule has 0 aliphatic rings. The number of thiophene rings is 1. The minimum absolute atomic E-state index is 0.0838. The van der Waals surface area contributed by atoms with Crippen LogP contribution in [0.25, 0.3) is 0 Å². The van der Waals surface area contributed by atoms with Crippen molar-refractivity contribution in [1.82, 2.24) is 16.0 Å². The molecule has 0 aliphatic heterocycles. The van der Waals surface area contributed by atoms with E-state index in [1.165, 1.54) is 11.3 Å². The molecule has 0 radical (unpaired) electrons. The molecule has 13 nitrogen and oxygen atoms in total. The number of aliphatic carboxylic acids is 1. The van der Waals surface area contributed by atoms with Crippen molar-refractivity contribution in [2.24, 2.45) is 11.5 Å². The van der Waals surface area contributed by atoms with E-state index in [4.69, 9.17) is 22.3 Å². The molecule has 0 spiro atoms.